The van der Waals surface area contributed by atoms with Gasteiger partial charge in [0.1, 0.15) is 12.0 Å². The number of hydrogen-bond acceptors (Lipinski definition) is 5. The van der Waals surface area contributed by atoms with Crippen molar-refractivity contribution in [2.75, 3.05) is 32.8 Å². The summed E-state index contributed by atoms with van der Waals surface area (Å²) in [6.07, 6.45) is 7.08. The lowest BCUT2D eigenvalue weighted by atomic mass is 10.1. The van der Waals surface area contributed by atoms with E-state index in [2.05, 4.69) is 9.97 Å². The van der Waals surface area contributed by atoms with Crippen molar-refractivity contribution in [2.24, 2.45) is 0 Å². The molecule has 3 heterocycles. The second kappa shape index (κ2) is 8.19. The topological polar surface area (TPSA) is 75.6 Å². The number of aromatic nitrogens is 2. The third-order valence-electron chi connectivity index (χ3n) is 4.69. The van der Waals surface area contributed by atoms with Gasteiger partial charge in [-0.2, -0.15) is 0 Å². The van der Waals surface area contributed by atoms with Crippen LogP contribution in [0.5, 0.6) is 0 Å². The fraction of sp³-hybridized carbons (Fsp3) is 0.647. The molecule has 2 aliphatic rings. The van der Waals surface area contributed by atoms with Crippen molar-refractivity contribution < 1.29 is 14.3 Å². The van der Waals surface area contributed by atoms with Crippen LogP contribution in [0.1, 0.15) is 42.6 Å². The number of carbonyl (C=O) groups excluding carboxylic acids is 2. The highest BCUT2D eigenvalue weighted by atomic mass is 16.5. The van der Waals surface area contributed by atoms with Gasteiger partial charge in [-0.05, 0) is 31.7 Å². The lowest BCUT2D eigenvalue weighted by Crippen LogP contribution is -2.45. The largest absolute Gasteiger partial charge is 0.381 e. The van der Waals surface area contributed by atoms with E-state index >= 15 is 0 Å². The molecule has 0 bridgehead atoms. The Kier molecular flexibility index (Phi) is 5.74. The number of amides is 2. The van der Waals surface area contributed by atoms with Crippen LogP contribution in [0, 0.1) is 0 Å². The molecule has 7 nitrogen and oxygen atoms in total. The zero-order chi connectivity index (χ0) is 16.8. The van der Waals surface area contributed by atoms with Gasteiger partial charge >= 0.3 is 0 Å². The van der Waals surface area contributed by atoms with E-state index in [9.17, 15) is 9.59 Å². The smallest absolute Gasteiger partial charge is 0.272 e. The Morgan fingerprint density at radius 3 is 2.88 bits per heavy atom. The van der Waals surface area contributed by atoms with Gasteiger partial charge in [-0.1, -0.05) is 0 Å². The predicted molar refractivity (Wildman–Crippen MR) is 87.3 cm³/mol. The molecule has 0 aromatic carbocycles. The minimum atomic E-state index is -0.0583. The van der Waals surface area contributed by atoms with Crippen LogP contribution in [-0.2, 0) is 9.53 Å². The predicted octanol–water partition coefficient (Wildman–Crippen LogP) is 1.11. The van der Waals surface area contributed by atoms with E-state index in [0.29, 0.717) is 31.9 Å². The first-order valence-corrected chi connectivity index (χ1v) is 8.68. The molecule has 0 aliphatic carbocycles. The average molecular weight is 332 g/mol. The van der Waals surface area contributed by atoms with Gasteiger partial charge in [0.2, 0.25) is 5.91 Å². The minimum absolute atomic E-state index is 0.0583. The van der Waals surface area contributed by atoms with Gasteiger partial charge in [-0.3, -0.25) is 9.59 Å². The zero-order valence-electron chi connectivity index (χ0n) is 13.9. The van der Waals surface area contributed by atoms with E-state index in [0.717, 1.165) is 38.8 Å². The number of likely N-dealkylation sites (tertiary alicyclic amines) is 1. The van der Waals surface area contributed by atoms with Crippen molar-refractivity contribution in [2.45, 2.75) is 38.1 Å². The maximum atomic E-state index is 12.8. The van der Waals surface area contributed by atoms with Crippen molar-refractivity contribution in [3.05, 3.63) is 24.3 Å². The quantitative estimate of drug-likeness (QED) is 0.780. The molecule has 0 atom stereocenters. The highest BCUT2D eigenvalue weighted by molar-refractivity contribution is 5.92. The molecular weight excluding hydrogens is 308 g/mol. The Bertz CT molecular complexity index is 560. The van der Waals surface area contributed by atoms with Gasteiger partial charge < -0.3 is 14.5 Å². The summed E-state index contributed by atoms with van der Waals surface area (Å²) in [5.74, 6) is 0.173. The highest BCUT2D eigenvalue weighted by Gasteiger charge is 2.27. The summed E-state index contributed by atoms with van der Waals surface area (Å²) >= 11 is 0. The van der Waals surface area contributed by atoms with Crippen LogP contribution < -0.4 is 0 Å². The Morgan fingerprint density at radius 1 is 1.38 bits per heavy atom. The molecule has 2 fully saturated rings. The summed E-state index contributed by atoms with van der Waals surface area (Å²) in [6.45, 7) is 3.56. The molecule has 3 rings (SSSR count). The van der Waals surface area contributed by atoms with Crippen LogP contribution >= 0.6 is 0 Å². The van der Waals surface area contributed by atoms with Gasteiger partial charge in [0.15, 0.2) is 0 Å². The maximum Gasteiger partial charge on any atom is 0.272 e. The van der Waals surface area contributed by atoms with Crippen LogP contribution in [0.4, 0.5) is 0 Å². The van der Waals surface area contributed by atoms with Crippen molar-refractivity contribution in [3.8, 4) is 0 Å². The Balaban J connectivity index is 1.63. The first kappa shape index (κ1) is 16.8. The van der Waals surface area contributed by atoms with Gasteiger partial charge in [0.25, 0.3) is 5.91 Å². The monoisotopic (exact) mass is 332 g/mol. The Hall–Kier alpha value is -2.02. The van der Waals surface area contributed by atoms with E-state index in [-0.39, 0.29) is 17.9 Å². The van der Waals surface area contributed by atoms with Gasteiger partial charge in [0, 0.05) is 51.5 Å². The van der Waals surface area contributed by atoms with Crippen LogP contribution in [0.3, 0.4) is 0 Å². The zero-order valence-corrected chi connectivity index (χ0v) is 13.9. The third kappa shape index (κ3) is 4.08. The molecule has 130 valence electrons. The fourth-order valence-electron chi connectivity index (χ4n) is 3.38. The van der Waals surface area contributed by atoms with Gasteiger partial charge in [0.05, 0.1) is 0 Å². The van der Waals surface area contributed by atoms with Crippen LogP contribution in [0.15, 0.2) is 18.6 Å². The molecule has 1 aromatic heterocycles. The number of carbonyl (C=O) groups is 2. The van der Waals surface area contributed by atoms with E-state index in [1.807, 2.05) is 9.80 Å². The van der Waals surface area contributed by atoms with Crippen molar-refractivity contribution >= 4 is 11.8 Å². The summed E-state index contributed by atoms with van der Waals surface area (Å²) in [6, 6.07) is 1.83. The third-order valence-corrected chi connectivity index (χ3v) is 4.69. The van der Waals surface area contributed by atoms with E-state index in [4.69, 9.17) is 4.74 Å². The summed E-state index contributed by atoms with van der Waals surface area (Å²) in [4.78, 5) is 36.3. The number of rotatable bonds is 6. The molecule has 0 radical (unpaired) electrons. The van der Waals surface area contributed by atoms with Crippen molar-refractivity contribution in [1.29, 1.82) is 0 Å². The summed E-state index contributed by atoms with van der Waals surface area (Å²) in [7, 11) is 0. The van der Waals surface area contributed by atoms with Crippen LogP contribution in [-0.4, -0.2) is 70.5 Å². The van der Waals surface area contributed by atoms with Crippen molar-refractivity contribution in [1.82, 2.24) is 19.8 Å². The summed E-state index contributed by atoms with van der Waals surface area (Å²) in [5, 5.41) is 0. The molecule has 2 aliphatic heterocycles. The second-order valence-electron chi connectivity index (χ2n) is 6.27. The van der Waals surface area contributed by atoms with Gasteiger partial charge in [-0.25, -0.2) is 9.97 Å². The van der Waals surface area contributed by atoms with Crippen LogP contribution in [0.25, 0.3) is 0 Å². The van der Waals surface area contributed by atoms with E-state index < -0.39 is 0 Å². The summed E-state index contributed by atoms with van der Waals surface area (Å²) < 4.78 is 5.42. The lowest BCUT2D eigenvalue weighted by Gasteiger charge is -2.34. The molecule has 0 saturated carbocycles. The second-order valence-corrected chi connectivity index (χ2v) is 6.27. The molecule has 0 N–H and O–H groups in total. The molecule has 2 amide bonds. The standard InChI is InChI=1S/C17H24N4O3/c22-16-3-1-8-20(16)9-2-10-21(14-5-11-24-12-6-14)17(23)15-4-7-18-13-19-15/h4,7,13-14H,1-3,5-6,8-12H2. The molecule has 1 aromatic rings. The van der Waals surface area contributed by atoms with Gasteiger partial charge in [-0.15, -0.1) is 0 Å². The fourth-order valence-corrected chi connectivity index (χ4v) is 3.38. The Morgan fingerprint density at radius 2 is 2.21 bits per heavy atom. The lowest BCUT2D eigenvalue weighted by molar-refractivity contribution is -0.127. The maximum absolute atomic E-state index is 12.8. The van der Waals surface area contributed by atoms with Crippen molar-refractivity contribution in [3.63, 3.8) is 0 Å². The molecule has 24 heavy (non-hydrogen) atoms. The normalized spacial score (nSPS) is 18.8. The van der Waals surface area contributed by atoms with E-state index in [1.54, 1.807) is 12.3 Å². The molecule has 0 unspecified atom stereocenters. The Labute approximate surface area is 142 Å². The molecule has 0 spiro atoms. The van der Waals surface area contributed by atoms with Crippen LogP contribution in [0.2, 0.25) is 0 Å². The highest BCUT2D eigenvalue weighted by Crippen LogP contribution is 2.18. The number of ether oxygens (including phenoxy) is 1. The minimum Gasteiger partial charge on any atom is -0.381 e. The average Bonchev–Trinajstić information content (AvgIpc) is 3.05. The van der Waals surface area contributed by atoms with E-state index in [1.165, 1.54) is 6.33 Å². The number of hydrogen-bond donors (Lipinski definition) is 0. The molecule has 2 saturated heterocycles. The molecular formula is C17H24N4O3. The summed E-state index contributed by atoms with van der Waals surface area (Å²) in [5.41, 5.74) is 0.425. The number of nitrogens with zero attached hydrogens (tertiary/aromatic N) is 4. The SMILES string of the molecule is O=C1CCCN1CCCN(C(=O)c1ccncn1)C1CCOCC1. The first-order chi connectivity index (χ1) is 11.8. The first-order valence-electron chi connectivity index (χ1n) is 8.68. The molecule has 7 heteroatoms.